The summed E-state index contributed by atoms with van der Waals surface area (Å²) in [7, 11) is 1.50. The molecule has 0 amide bonds. The molecule has 0 heterocycles. The molecule has 0 radical (unpaired) electrons. The Labute approximate surface area is 121 Å². The fourth-order valence-electron chi connectivity index (χ4n) is 1.84. The van der Waals surface area contributed by atoms with Crippen molar-refractivity contribution in [3.63, 3.8) is 0 Å². The van der Waals surface area contributed by atoms with Crippen molar-refractivity contribution in [2.24, 2.45) is 0 Å². The number of carbonyl (C=O) groups excluding carboxylic acids is 2. The summed E-state index contributed by atoms with van der Waals surface area (Å²) in [5.74, 6) is -0.341. The summed E-state index contributed by atoms with van der Waals surface area (Å²) in [6.07, 6.45) is 0. The van der Waals surface area contributed by atoms with E-state index in [1.807, 2.05) is 0 Å². The van der Waals surface area contributed by atoms with Crippen LogP contribution in [0.25, 0.3) is 0 Å². The molecule has 0 aliphatic rings. The van der Waals surface area contributed by atoms with Crippen LogP contribution in [0.1, 0.15) is 19.4 Å². The van der Waals surface area contributed by atoms with Crippen LogP contribution in [0.4, 0.5) is 0 Å². The van der Waals surface area contributed by atoms with E-state index in [9.17, 15) is 9.59 Å². The van der Waals surface area contributed by atoms with Gasteiger partial charge in [0.05, 0.1) is 19.0 Å². The summed E-state index contributed by atoms with van der Waals surface area (Å²) in [6.45, 7) is 3.49. The fourth-order valence-corrected chi connectivity index (χ4v) is 2.40. The monoisotopic (exact) mass is 328 g/mol. The number of carbonyl (C=O) groups is 2. The normalized spacial score (nSPS) is 13.5. The number of ketones is 1. The van der Waals surface area contributed by atoms with Gasteiger partial charge in [-0.3, -0.25) is 9.59 Å². The van der Waals surface area contributed by atoms with E-state index < -0.39 is 11.4 Å². The average molecular weight is 329 g/mol. The van der Waals surface area contributed by atoms with Crippen LogP contribution in [0.2, 0.25) is 0 Å². The molecule has 19 heavy (non-hydrogen) atoms. The third kappa shape index (κ3) is 2.97. The largest absolute Gasteiger partial charge is 0.496 e. The Morgan fingerprint density at radius 3 is 2.47 bits per heavy atom. The van der Waals surface area contributed by atoms with Crippen LogP contribution < -0.4 is 4.74 Å². The van der Waals surface area contributed by atoms with Crippen molar-refractivity contribution in [1.82, 2.24) is 0 Å². The van der Waals surface area contributed by atoms with Crippen molar-refractivity contribution in [2.75, 3.05) is 19.0 Å². The van der Waals surface area contributed by atoms with Gasteiger partial charge >= 0.3 is 5.97 Å². The van der Waals surface area contributed by atoms with Crippen LogP contribution in [0.5, 0.6) is 5.75 Å². The zero-order valence-corrected chi connectivity index (χ0v) is 12.8. The number of alkyl halides is 1. The third-order valence-corrected chi connectivity index (χ3v) is 3.52. The van der Waals surface area contributed by atoms with Crippen molar-refractivity contribution in [3.8, 4) is 5.75 Å². The number of Topliss-reactive ketones (excluding diaryl/α,β-unsaturated/α-hetero) is 1. The molecule has 0 fully saturated rings. The Bertz CT molecular complexity index is 472. The molecule has 0 aliphatic heterocycles. The van der Waals surface area contributed by atoms with Gasteiger partial charge in [-0.25, -0.2) is 0 Å². The number of rotatable bonds is 6. The van der Waals surface area contributed by atoms with Crippen molar-refractivity contribution >= 4 is 27.7 Å². The van der Waals surface area contributed by atoms with Gasteiger partial charge in [0.2, 0.25) is 0 Å². The second-order valence-corrected chi connectivity index (χ2v) is 4.66. The van der Waals surface area contributed by atoms with E-state index in [-0.39, 0.29) is 17.7 Å². The molecular weight excluding hydrogens is 312 g/mol. The second-order valence-electron chi connectivity index (χ2n) is 4.10. The zero-order chi connectivity index (χ0) is 14.5. The third-order valence-electron chi connectivity index (χ3n) is 3.01. The quantitative estimate of drug-likeness (QED) is 0.457. The molecule has 0 aromatic heterocycles. The molecule has 104 valence electrons. The summed E-state index contributed by atoms with van der Waals surface area (Å²) < 4.78 is 10.3. The Morgan fingerprint density at radius 2 is 1.95 bits per heavy atom. The van der Waals surface area contributed by atoms with E-state index in [0.29, 0.717) is 11.3 Å². The molecule has 1 atom stereocenters. The van der Waals surface area contributed by atoms with Crippen LogP contribution in [0, 0.1) is 0 Å². The lowest BCUT2D eigenvalue weighted by molar-refractivity contribution is -0.152. The van der Waals surface area contributed by atoms with Crippen LogP contribution >= 0.6 is 15.9 Å². The number of methoxy groups -OCH3 is 1. The van der Waals surface area contributed by atoms with Gasteiger partial charge in [-0.1, -0.05) is 34.1 Å². The first-order valence-corrected chi connectivity index (χ1v) is 7.04. The van der Waals surface area contributed by atoms with Crippen molar-refractivity contribution in [3.05, 3.63) is 29.8 Å². The molecule has 0 saturated heterocycles. The van der Waals surface area contributed by atoms with Gasteiger partial charge in [0.25, 0.3) is 0 Å². The Morgan fingerprint density at radius 1 is 1.32 bits per heavy atom. The van der Waals surface area contributed by atoms with Gasteiger partial charge in [-0.05, 0) is 19.9 Å². The number of benzene rings is 1. The van der Waals surface area contributed by atoms with Gasteiger partial charge in [0, 0.05) is 5.56 Å². The van der Waals surface area contributed by atoms with Crippen molar-refractivity contribution in [2.45, 2.75) is 19.3 Å². The molecule has 0 saturated carbocycles. The number of halogens is 1. The van der Waals surface area contributed by atoms with E-state index in [4.69, 9.17) is 9.47 Å². The molecule has 0 aliphatic carbocycles. The first-order valence-electron chi connectivity index (χ1n) is 5.92. The maximum atomic E-state index is 12.2. The van der Waals surface area contributed by atoms with Crippen molar-refractivity contribution in [1.29, 1.82) is 0 Å². The minimum atomic E-state index is -1.37. The molecule has 0 N–H and O–H groups in total. The Balaban J connectivity index is 3.39. The first kappa shape index (κ1) is 15.7. The minimum Gasteiger partial charge on any atom is -0.496 e. The summed E-state index contributed by atoms with van der Waals surface area (Å²) in [5, 5.41) is 0.0698. The highest BCUT2D eigenvalue weighted by atomic mass is 79.9. The fraction of sp³-hybridized carbons (Fsp3) is 0.429. The highest BCUT2D eigenvalue weighted by Gasteiger charge is 2.45. The highest BCUT2D eigenvalue weighted by Crippen LogP contribution is 2.34. The SMILES string of the molecule is CCOC(=O)C(C)(C(=O)CBr)c1ccccc1OC. The van der Waals surface area contributed by atoms with Crippen LogP contribution in [0.15, 0.2) is 24.3 Å². The number of esters is 1. The molecule has 1 rings (SSSR count). The van der Waals surface area contributed by atoms with Gasteiger partial charge in [-0.2, -0.15) is 0 Å². The van der Waals surface area contributed by atoms with Crippen molar-refractivity contribution < 1.29 is 19.1 Å². The average Bonchev–Trinajstić information content (AvgIpc) is 2.45. The molecule has 1 aromatic rings. The topological polar surface area (TPSA) is 52.6 Å². The summed E-state index contributed by atoms with van der Waals surface area (Å²) >= 11 is 3.12. The molecule has 0 spiro atoms. The van der Waals surface area contributed by atoms with Gasteiger partial charge < -0.3 is 9.47 Å². The second kappa shape index (κ2) is 6.70. The number of ether oxygens (including phenoxy) is 2. The summed E-state index contributed by atoms with van der Waals surface area (Å²) in [6, 6.07) is 6.97. The Kier molecular flexibility index (Phi) is 5.54. The van der Waals surface area contributed by atoms with E-state index in [1.165, 1.54) is 7.11 Å². The van der Waals surface area contributed by atoms with Crippen LogP contribution in [0.3, 0.4) is 0 Å². The number of hydrogen-bond donors (Lipinski definition) is 0. The zero-order valence-electron chi connectivity index (χ0n) is 11.2. The van der Waals surface area contributed by atoms with E-state index in [2.05, 4.69) is 15.9 Å². The first-order chi connectivity index (χ1) is 9.02. The lowest BCUT2D eigenvalue weighted by atomic mass is 9.78. The Hall–Kier alpha value is -1.36. The predicted octanol–water partition coefficient (Wildman–Crippen LogP) is 2.48. The molecule has 1 unspecified atom stereocenters. The molecule has 1 aromatic carbocycles. The maximum Gasteiger partial charge on any atom is 0.324 e. The molecule has 4 nitrogen and oxygen atoms in total. The van der Waals surface area contributed by atoms with Gasteiger partial charge in [-0.15, -0.1) is 0 Å². The lowest BCUT2D eigenvalue weighted by Crippen LogP contribution is -2.43. The number of para-hydroxylation sites is 1. The number of hydrogen-bond acceptors (Lipinski definition) is 4. The van der Waals surface area contributed by atoms with E-state index in [1.54, 1.807) is 38.1 Å². The van der Waals surface area contributed by atoms with E-state index in [0.717, 1.165) is 0 Å². The lowest BCUT2D eigenvalue weighted by Gasteiger charge is -2.27. The predicted molar refractivity (Wildman–Crippen MR) is 75.8 cm³/mol. The van der Waals surface area contributed by atoms with Crippen LogP contribution in [-0.4, -0.2) is 30.8 Å². The smallest absolute Gasteiger partial charge is 0.324 e. The minimum absolute atomic E-state index is 0.0698. The standard InChI is InChI=1S/C14H17BrO4/c1-4-19-13(17)14(2,12(16)9-15)10-7-5-6-8-11(10)18-3/h5-8H,4,9H2,1-3H3. The summed E-state index contributed by atoms with van der Waals surface area (Å²) in [4.78, 5) is 24.4. The summed E-state index contributed by atoms with van der Waals surface area (Å²) in [5.41, 5.74) is -0.855. The van der Waals surface area contributed by atoms with Gasteiger partial charge in [0.15, 0.2) is 11.2 Å². The molecule has 5 heteroatoms. The van der Waals surface area contributed by atoms with E-state index >= 15 is 0 Å². The van der Waals surface area contributed by atoms with Gasteiger partial charge in [0.1, 0.15) is 5.75 Å². The highest BCUT2D eigenvalue weighted by molar-refractivity contribution is 9.09. The molecular formula is C14H17BrO4. The van der Waals surface area contributed by atoms with Crippen LogP contribution in [-0.2, 0) is 19.7 Å². The maximum absolute atomic E-state index is 12.2. The molecule has 0 bridgehead atoms.